The number of hydrogen-bond acceptors (Lipinski definition) is 3. The quantitative estimate of drug-likeness (QED) is 0.728. The molecule has 1 aromatic carbocycles. The van der Waals surface area contributed by atoms with Crippen LogP contribution in [0, 0.1) is 19.7 Å². The van der Waals surface area contributed by atoms with Crippen LogP contribution in [0.25, 0.3) is 16.9 Å². The lowest BCUT2D eigenvalue weighted by Gasteiger charge is -2.08. The Morgan fingerprint density at radius 2 is 2.00 bits per heavy atom. The van der Waals surface area contributed by atoms with E-state index in [9.17, 15) is 4.39 Å². The third-order valence-corrected chi connectivity index (χ3v) is 3.12. The molecular weight excluding hydrogens is 243 g/mol. The van der Waals surface area contributed by atoms with Crippen molar-refractivity contribution in [3.8, 4) is 5.69 Å². The van der Waals surface area contributed by atoms with Gasteiger partial charge in [0.15, 0.2) is 5.65 Å². The topological polar surface area (TPSA) is 56.7 Å². The summed E-state index contributed by atoms with van der Waals surface area (Å²) in [6.07, 6.45) is 1.67. The monoisotopic (exact) mass is 256 g/mol. The molecule has 0 aliphatic carbocycles. The van der Waals surface area contributed by atoms with Gasteiger partial charge in [-0.1, -0.05) is 6.07 Å². The van der Waals surface area contributed by atoms with E-state index in [4.69, 9.17) is 5.73 Å². The van der Waals surface area contributed by atoms with Crippen molar-refractivity contribution in [2.24, 2.45) is 0 Å². The number of halogens is 1. The number of imidazole rings is 1. The molecule has 5 heteroatoms. The molecule has 0 aliphatic rings. The molecule has 0 bridgehead atoms. The Morgan fingerprint density at radius 3 is 2.79 bits per heavy atom. The predicted molar refractivity (Wildman–Crippen MR) is 72.7 cm³/mol. The zero-order valence-corrected chi connectivity index (χ0v) is 10.7. The van der Waals surface area contributed by atoms with E-state index < -0.39 is 0 Å². The van der Waals surface area contributed by atoms with Crippen LogP contribution in [-0.2, 0) is 0 Å². The number of rotatable bonds is 1. The Morgan fingerprint density at radius 1 is 1.21 bits per heavy atom. The van der Waals surface area contributed by atoms with Crippen molar-refractivity contribution in [1.82, 2.24) is 14.5 Å². The molecule has 0 fully saturated rings. The normalized spacial score (nSPS) is 11.1. The highest BCUT2D eigenvalue weighted by Crippen LogP contribution is 2.25. The number of aryl methyl sites for hydroxylation is 2. The highest BCUT2D eigenvalue weighted by molar-refractivity contribution is 5.79. The molecule has 0 spiro atoms. The summed E-state index contributed by atoms with van der Waals surface area (Å²) < 4.78 is 15.6. The van der Waals surface area contributed by atoms with Gasteiger partial charge in [0.05, 0.1) is 5.69 Å². The molecule has 0 aliphatic heterocycles. The van der Waals surface area contributed by atoms with Crippen LogP contribution in [0.5, 0.6) is 0 Å². The first-order chi connectivity index (χ1) is 9.08. The van der Waals surface area contributed by atoms with E-state index in [2.05, 4.69) is 9.97 Å². The van der Waals surface area contributed by atoms with Crippen LogP contribution in [0.2, 0.25) is 0 Å². The lowest BCUT2D eigenvalue weighted by molar-refractivity contribution is 0.619. The second-order valence-corrected chi connectivity index (χ2v) is 4.56. The second-order valence-electron chi connectivity index (χ2n) is 4.56. The van der Waals surface area contributed by atoms with Crippen molar-refractivity contribution in [3.63, 3.8) is 0 Å². The van der Waals surface area contributed by atoms with Gasteiger partial charge in [0.25, 0.3) is 0 Å². The van der Waals surface area contributed by atoms with E-state index >= 15 is 0 Å². The molecule has 3 aromatic rings. The second kappa shape index (κ2) is 4.05. The number of anilines is 1. The standard InChI is InChI=1S/C14H13FN4/c1-8-3-4-10(15)11(7-8)19-13-12(18-14(19)16)9(2)5-6-17-13/h3-7H,1-2H3,(H2,16,18). The average Bonchev–Trinajstić information content (AvgIpc) is 2.70. The van der Waals surface area contributed by atoms with Gasteiger partial charge in [0.1, 0.15) is 11.3 Å². The largest absolute Gasteiger partial charge is 0.369 e. The van der Waals surface area contributed by atoms with Crippen molar-refractivity contribution in [2.45, 2.75) is 13.8 Å². The lowest BCUT2D eigenvalue weighted by atomic mass is 10.2. The number of pyridine rings is 1. The van der Waals surface area contributed by atoms with Crippen molar-refractivity contribution in [1.29, 1.82) is 0 Å². The third kappa shape index (κ3) is 1.74. The van der Waals surface area contributed by atoms with Crippen LogP contribution in [0.3, 0.4) is 0 Å². The maximum atomic E-state index is 14.0. The van der Waals surface area contributed by atoms with E-state index in [0.29, 0.717) is 16.9 Å². The van der Waals surface area contributed by atoms with Gasteiger partial charge >= 0.3 is 0 Å². The van der Waals surface area contributed by atoms with Gasteiger partial charge in [-0.05, 0) is 43.2 Å². The first-order valence-corrected chi connectivity index (χ1v) is 5.94. The molecule has 96 valence electrons. The van der Waals surface area contributed by atoms with Crippen molar-refractivity contribution in [2.75, 3.05) is 5.73 Å². The van der Waals surface area contributed by atoms with E-state index in [1.165, 1.54) is 6.07 Å². The van der Waals surface area contributed by atoms with Crippen molar-refractivity contribution in [3.05, 3.63) is 47.4 Å². The molecule has 3 rings (SSSR count). The van der Waals surface area contributed by atoms with Crippen LogP contribution in [-0.4, -0.2) is 14.5 Å². The number of nitrogen functional groups attached to an aromatic ring is 1. The summed E-state index contributed by atoms with van der Waals surface area (Å²) in [6.45, 7) is 3.82. The van der Waals surface area contributed by atoms with E-state index in [0.717, 1.165) is 11.1 Å². The molecule has 0 radical (unpaired) electrons. The smallest absolute Gasteiger partial charge is 0.207 e. The summed E-state index contributed by atoms with van der Waals surface area (Å²) in [5.41, 5.74) is 9.47. The fourth-order valence-corrected chi connectivity index (χ4v) is 2.14. The summed E-state index contributed by atoms with van der Waals surface area (Å²) in [6, 6.07) is 6.72. The summed E-state index contributed by atoms with van der Waals surface area (Å²) in [4.78, 5) is 8.54. The van der Waals surface area contributed by atoms with E-state index in [1.807, 2.05) is 19.9 Å². The molecule has 0 unspecified atom stereocenters. The molecule has 0 amide bonds. The molecule has 2 aromatic heterocycles. The molecule has 2 N–H and O–H groups in total. The zero-order chi connectivity index (χ0) is 13.6. The highest BCUT2D eigenvalue weighted by atomic mass is 19.1. The predicted octanol–water partition coefficient (Wildman–Crippen LogP) is 2.76. The minimum Gasteiger partial charge on any atom is -0.369 e. The third-order valence-electron chi connectivity index (χ3n) is 3.12. The SMILES string of the molecule is Cc1ccc(F)c(-n2c(N)nc3c(C)ccnc32)c1. The number of nitrogens with two attached hydrogens (primary N) is 1. The Kier molecular flexibility index (Phi) is 2.48. The van der Waals surface area contributed by atoms with Gasteiger partial charge in [0, 0.05) is 6.20 Å². The van der Waals surface area contributed by atoms with Gasteiger partial charge in [-0.3, -0.25) is 4.57 Å². The molecule has 19 heavy (non-hydrogen) atoms. The van der Waals surface area contributed by atoms with Crippen LogP contribution < -0.4 is 5.73 Å². The van der Waals surface area contributed by atoms with Gasteiger partial charge in [0.2, 0.25) is 5.95 Å². The lowest BCUT2D eigenvalue weighted by Crippen LogP contribution is -2.04. The fourth-order valence-electron chi connectivity index (χ4n) is 2.14. The Hall–Kier alpha value is -2.43. The molecular formula is C14H13FN4. The molecule has 0 atom stereocenters. The minimum absolute atomic E-state index is 0.237. The summed E-state index contributed by atoms with van der Waals surface area (Å²) in [5.74, 6) is -0.110. The molecule has 2 heterocycles. The van der Waals surface area contributed by atoms with Crippen LogP contribution in [0.15, 0.2) is 30.5 Å². The first-order valence-electron chi connectivity index (χ1n) is 5.94. The molecule has 0 saturated heterocycles. The van der Waals surface area contributed by atoms with Crippen molar-refractivity contribution < 1.29 is 4.39 Å². The summed E-state index contributed by atoms with van der Waals surface area (Å²) >= 11 is 0. The summed E-state index contributed by atoms with van der Waals surface area (Å²) in [7, 11) is 0. The Balaban J connectivity index is 2.39. The first kappa shape index (κ1) is 11.6. The van der Waals surface area contributed by atoms with E-state index in [1.54, 1.807) is 22.9 Å². The van der Waals surface area contributed by atoms with Gasteiger partial charge < -0.3 is 5.73 Å². The van der Waals surface area contributed by atoms with Gasteiger partial charge in [-0.2, -0.15) is 0 Å². The fraction of sp³-hybridized carbons (Fsp3) is 0.143. The van der Waals surface area contributed by atoms with Gasteiger partial charge in [-0.15, -0.1) is 0 Å². The Labute approximate surface area is 109 Å². The van der Waals surface area contributed by atoms with Crippen LogP contribution in [0.4, 0.5) is 10.3 Å². The minimum atomic E-state index is -0.347. The highest BCUT2D eigenvalue weighted by Gasteiger charge is 2.15. The van der Waals surface area contributed by atoms with Crippen LogP contribution in [0.1, 0.15) is 11.1 Å². The molecule has 4 nitrogen and oxygen atoms in total. The van der Waals surface area contributed by atoms with E-state index in [-0.39, 0.29) is 11.8 Å². The number of nitrogens with zero attached hydrogens (tertiary/aromatic N) is 3. The molecule has 0 saturated carbocycles. The average molecular weight is 256 g/mol. The maximum Gasteiger partial charge on any atom is 0.207 e. The number of hydrogen-bond donors (Lipinski definition) is 1. The zero-order valence-electron chi connectivity index (χ0n) is 10.7. The number of fused-ring (bicyclic) bond motifs is 1. The maximum absolute atomic E-state index is 14.0. The van der Waals surface area contributed by atoms with Gasteiger partial charge in [-0.25, -0.2) is 14.4 Å². The number of benzene rings is 1. The Bertz CT molecular complexity index is 776. The summed E-state index contributed by atoms with van der Waals surface area (Å²) in [5, 5.41) is 0. The van der Waals surface area contributed by atoms with Crippen LogP contribution >= 0.6 is 0 Å². The van der Waals surface area contributed by atoms with Crippen molar-refractivity contribution >= 4 is 17.1 Å². The number of aromatic nitrogens is 3.